The van der Waals surface area contributed by atoms with Gasteiger partial charge < -0.3 is 19.9 Å². The lowest BCUT2D eigenvalue weighted by molar-refractivity contribution is 0.0376. The van der Waals surface area contributed by atoms with E-state index >= 15 is 0 Å². The van der Waals surface area contributed by atoms with E-state index in [1.165, 1.54) is 51.4 Å². The molecule has 0 amide bonds. The average molecular weight is 564 g/mol. The number of hydrogen-bond donors (Lipinski definition) is 2. The molecule has 1 fully saturated rings. The van der Waals surface area contributed by atoms with Gasteiger partial charge in [-0.1, -0.05) is 51.9 Å². The molecule has 32 heavy (non-hydrogen) atoms. The number of nitrogens with zero attached hydrogens (tertiary/aromatic N) is 5. The summed E-state index contributed by atoms with van der Waals surface area (Å²) in [6.07, 6.45) is 11.7. The van der Waals surface area contributed by atoms with Gasteiger partial charge in [-0.3, -0.25) is 4.90 Å². The summed E-state index contributed by atoms with van der Waals surface area (Å²) >= 11 is 0. The van der Waals surface area contributed by atoms with Gasteiger partial charge in [0.1, 0.15) is 12.4 Å². The third-order valence-electron chi connectivity index (χ3n) is 5.93. The Labute approximate surface area is 212 Å². The second-order valence-electron chi connectivity index (χ2n) is 8.52. The number of aromatic nitrogens is 3. The Morgan fingerprint density at radius 3 is 2.19 bits per heavy atom. The number of nitrogens with one attached hydrogen (secondary N) is 2. The smallest absolute Gasteiger partial charge is 0.191 e. The van der Waals surface area contributed by atoms with E-state index in [4.69, 9.17) is 9.73 Å². The first kappa shape index (κ1) is 29.1. The van der Waals surface area contributed by atoms with Crippen LogP contribution in [0.3, 0.4) is 0 Å². The minimum atomic E-state index is 0. The van der Waals surface area contributed by atoms with Gasteiger partial charge in [-0.15, -0.1) is 34.2 Å². The summed E-state index contributed by atoms with van der Waals surface area (Å²) in [5.74, 6) is 2.68. The van der Waals surface area contributed by atoms with Gasteiger partial charge in [-0.05, 0) is 26.3 Å². The van der Waals surface area contributed by atoms with Gasteiger partial charge in [-0.25, -0.2) is 4.99 Å². The fourth-order valence-electron chi connectivity index (χ4n) is 3.71. The van der Waals surface area contributed by atoms with E-state index in [2.05, 4.69) is 32.7 Å². The number of ether oxygens (including phenoxy) is 1. The van der Waals surface area contributed by atoms with Crippen LogP contribution in [0.1, 0.15) is 76.4 Å². The highest BCUT2D eigenvalue weighted by molar-refractivity contribution is 14.0. The summed E-state index contributed by atoms with van der Waals surface area (Å²) in [7, 11) is 1.99. The maximum absolute atomic E-state index is 5.43. The molecule has 1 aromatic heterocycles. The number of unbranched alkanes of at least 4 members (excludes halogenated alkanes) is 7. The molecule has 0 aliphatic carbocycles. The van der Waals surface area contributed by atoms with Crippen molar-refractivity contribution >= 4 is 29.9 Å². The number of aliphatic imine (C=N–C) groups is 1. The van der Waals surface area contributed by atoms with Crippen molar-refractivity contribution in [1.82, 2.24) is 30.3 Å². The highest BCUT2D eigenvalue weighted by Crippen LogP contribution is 2.08. The number of halogens is 1. The molecule has 0 unspecified atom stereocenters. The highest BCUT2D eigenvalue weighted by Gasteiger charge is 2.09. The zero-order chi connectivity index (χ0) is 22.2. The third-order valence-corrected chi connectivity index (χ3v) is 5.93. The van der Waals surface area contributed by atoms with E-state index in [0.29, 0.717) is 6.54 Å². The summed E-state index contributed by atoms with van der Waals surface area (Å²) in [4.78, 5) is 7.23. The van der Waals surface area contributed by atoms with Crippen LogP contribution in [-0.2, 0) is 18.3 Å². The Kier molecular flexibility index (Phi) is 16.8. The van der Waals surface area contributed by atoms with Crippen LogP contribution in [0.5, 0.6) is 0 Å². The summed E-state index contributed by atoms with van der Waals surface area (Å²) in [6.45, 7) is 11.6. The summed E-state index contributed by atoms with van der Waals surface area (Å²) in [5, 5.41) is 15.4. The fraction of sp³-hybridized carbons (Fsp3) is 0.870. The van der Waals surface area contributed by atoms with Crippen LogP contribution >= 0.6 is 24.0 Å². The second-order valence-corrected chi connectivity index (χ2v) is 8.52. The largest absolute Gasteiger partial charge is 0.379 e. The lowest BCUT2D eigenvalue weighted by Crippen LogP contribution is -2.41. The van der Waals surface area contributed by atoms with Gasteiger partial charge in [0.25, 0.3) is 0 Å². The minimum Gasteiger partial charge on any atom is -0.379 e. The molecule has 2 rings (SSSR count). The lowest BCUT2D eigenvalue weighted by atomic mass is 10.1. The first-order chi connectivity index (χ1) is 15.2. The molecule has 186 valence electrons. The summed E-state index contributed by atoms with van der Waals surface area (Å²) in [5.41, 5.74) is 0. The maximum atomic E-state index is 5.43. The molecule has 2 N–H and O–H groups in total. The van der Waals surface area contributed by atoms with Crippen molar-refractivity contribution in [2.75, 3.05) is 45.9 Å². The van der Waals surface area contributed by atoms with Gasteiger partial charge >= 0.3 is 0 Å². The monoisotopic (exact) mass is 563 g/mol. The molecule has 0 radical (unpaired) electrons. The zero-order valence-corrected chi connectivity index (χ0v) is 22.9. The summed E-state index contributed by atoms with van der Waals surface area (Å²) in [6, 6.07) is 0. The number of rotatable bonds is 15. The van der Waals surface area contributed by atoms with Crippen LogP contribution in [0.15, 0.2) is 4.99 Å². The first-order valence-electron chi connectivity index (χ1n) is 12.4. The average Bonchev–Trinajstić information content (AvgIpc) is 3.11. The van der Waals surface area contributed by atoms with Crippen molar-refractivity contribution < 1.29 is 4.74 Å². The minimum absolute atomic E-state index is 0. The van der Waals surface area contributed by atoms with E-state index in [1.807, 2.05) is 18.5 Å². The van der Waals surface area contributed by atoms with E-state index in [1.54, 1.807) is 0 Å². The van der Waals surface area contributed by atoms with Crippen molar-refractivity contribution in [2.24, 2.45) is 12.0 Å². The van der Waals surface area contributed by atoms with Crippen LogP contribution in [-0.4, -0.2) is 71.6 Å². The van der Waals surface area contributed by atoms with Crippen LogP contribution in [0.25, 0.3) is 0 Å². The van der Waals surface area contributed by atoms with E-state index < -0.39 is 0 Å². The van der Waals surface area contributed by atoms with Crippen molar-refractivity contribution in [2.45, 2.75) is 78.2 Å². The van der Waals surface area contributed by atoms with Crippen molar-refractivity contribution in [3.63, 3.8) is 0 Å². The van der Waals surface area contributed by atoms with Gasteiger partial charge in [-0.2, -0.15) is 0 Å². The standard InChI is InChI=1S/C23H45N7O.HI/c1-4-5-6-7-8-9-10-11-13-24-23(26-20-22-28-27-21(2)29(22)3)25-14-12-15-30-16-18-31-19-17-30;/h4-20H2,1-3H3,(H2,24,25,26);1H. The molecule has 1 aromatic rings. The Morgan fingerprint density at radius 2 is 1.56 bits per heavy atom. The highest BCUT2D eigenvalue weighted by atomic mass is 127. The lowest BCUT2D eigenvalue weighted by Gasteiger charge is -2.26. The quantitative estimate of drug-likeness (QED) is 0.147. The number of hydrogen-bond acceptors (Lipinski definition) is 5. The van der Waals surface area contributed by atoms with Crippen molar-refractivity contribution in [1.29, 1.82) is 0 Å². The Bertz CT molecular complexity index is 617. The van der Waals surface area contributed by atoms with E-state index in [0.717, 1.165) is 70.0 Å². The van der Waals surface area contributed by atoms with Crippen molar-refractivity contribution in [3.05, 3.63) is 11.6 Å². The van der Waals surface area contributed by atoms with Crippen LogP contribution in [0.4, 0.5) is 0 Å². The molecule has 2 heterocycles. The molecule has 1 aliphatic rings. The van der Waals surface area contributed by atoms with Gasteiger partial charge in [0.2, 0.25) is 0 Å². The molecule has 0 saturated carbocycles. The van der Waals surface area contributed by atoms with Crippen molar-refractivity contribution in [3.8, 4) is 0 Å². The predicted octanol–water partition coefficient (Wildman–Crippen LogP) is 3.64. The number of guanidine groups is 1. The Morgan fingerprint density at radius 1 is 0.938 bits per heavy atom. The van der Waals surface area contributed by atoms with Crippen LogP contribution < -0.4 is 10.6 Å². The molecule has 9 heteroatoms. The normalized spacial score (nSPS) is 14.9. The van der Waals surface area contributed by atoms with E-state index in [9.17, 15) is 0 Å². The second kappa shape index (κ2) is 18.5. The molecule has 0 spiro atoms. The van der Waals surface area contributed by atoms with Gasteiger partial charge in [0, 0.05) is 33.2 Å². The molecule has 0 aromatic carbocycles. The predicted molar refractivity (Wildman–Crippen MR) is 143 cm³/mol. The number of morpholine rings is 1. The number of aryl methyl sites for hydroxylation is 1. The Hall–Kier alpha value is -0.940. The topological polar surface area (TPSA) is 79.6 Å². The fourth-order valence-corrected chi connectivity index (χ4v) is 3.71. The first-order valence-corrected chi connectivity index (χ1v) is 12.4. The molecule has 1 saturated heterocycles. The van der Waals surface area contributed by atoms with Gasteiger partial charge in [0.15, 0.2) is 11.8 Å². The molecule has 0 atom stereocenters. The molecular formula is C23H46IN7O. The maximum Gasteiger partial charge on any atom is 0.191 e. The van der Waals surface area contributed by atoms with E-state index in [-0.39, 0.29) is 24.0 Å². The molecular weight excluding hydrogens is 517 g/mol. The van der Waals surface area contributed by atoms with Gasteiger partial charge in [0.05, 0.1) is 13.2 Å². The Balaban J connectivity index is 0.00000512. The molecule has 0 bridgehead atoms. The third kappa shape index (κ3) is 12.3. The zero-order valence-electron chi connectivity index (χ0n) is 20.6. The molecule has 8 nitrogen and oxygen atoms in total. The summed E-state index contributed by atoms with van der Waals surface area (Å²) < 4.78 is 7.42. The van der Waals surface area contributed by atoms with Crippen LogP contribution in [0.2, 0.25) is 0 Å². The SMILES string of the molecule is CCCCCCCCCCNC(=NCc1nnc(C)n1C)NCCCN1CCOCC1.I. The molecule has 1 aliphatic heterocycles. The van der Waals surface area contributed by atoms with Crippen LogP contribution in [0, 0.1) is 6.92 Å².